The van der Waals surface area contributed by atoms with Crippen molar-refractivity contribution in [3.63, 3.8) is 0 Å². The minimum Gasteiger partial charge on any atom is -0.382 e. The van der Waals surface area contributed by atoms with Gasteiger partial charge in [-0.15, -0.1) is 0 Å². The smallest absolute Gasteiger partial charge is 0.382 e. The van der Waals surface area contributed by atoms with Crippen LogP contribution in [0.25, 0.3) is 0 Å². The van der Waals surface area contributed by atoms with Crippen LogP contribution in [0.2, 0.25) is 0 Å². The van der Waals surface area contributed by atoms with Gasteiger partial charge in [0.05, 0.1) is 26.4 Å². The van der Waals surface area contributed by atoms with Crippen molar-refractivity contribution in [2.75, 3.05) is 37.9 Å². The van der Waals surface area contributed by atoms with Gasteiger partial charge in [0, 0.05) is 34.6 Å². The Bertz CT molecular complexity index is 1240. The van der Waals surface area contributed by atoms with Crippen molar-refractivity contribution < 1.29 is 42.7 Å². The third-order valence-corrected chi connectivity index (χ3v) is 10.9. The molecule has 3 N–H and O–H groups in total. The molecule has 1 aromatic rings. The fourth-order valence-electron chi connectivity index (χ4n) is 3.73. The molecule has 3 atom stereocenters. The molecule has 2 heterocycles. The van der Waals surface area contributed by atoms with Gasteiger partial charge < -0.3 is 14.9 Å². The number of carbonyl (C=O) groups excluding carboxylic acids is 2. The molecule has 1 unspecified atom stereocenters. The monoisotopic (exact) mass is 682 g/mol. The van der Waals surface area contributed by atoms with Crippen molar-refractivity contribution in [3.05, 3.63) is 33.1 Å². The molecule has 1 fully saturated rings. The Kier molecular flexibility index (Phi) is 14.2. The summed E-state index contributed by atoms with van der Waals surface area (Å²) in [7, 11) is -4.26. The molecule has 0 radical (unpaired) electrons. The Hall–Kier alpha value is -1.29. The molecule has 0 saturated carbocycles. The summed E-state index contributed by atoms with van der Waals surface area (Å²) in [6.45, 7) is 11.1. The zero-order chi connectivity index (χ0) is 33.4. The second-order valence-electron chi connectivity index (χ2n) is 12.9. The highest BCUT2D eigenvalue weighted by atomic mass is 32.2. The lowest BCUT2D eigenvalue weighted by Crippen LogP contribution is -2.56. The predicted molar refractivity (Wildman–Crippen MR) is 170 cm³/mol. The number of hydrogen-bond donors (Lipinski definition) is 3. The summed E-state index contributed by atoms with van der Waals surface area (Å²) in [5, 5.41) is 22.7. The van der Waals surface area contributed by atoms with Gasteiger partial charge in [0.2, 0.25) is 0 Å². The van der Waals surface area contributed by atoms with E-state index in [9.17, 15) is 34.0 Å². The van der Waals surface area contributed by atoms with Gasteiger partial charge in [-0.2, -0.15) is 0 Å². The molecule has 44 heavy (non-hydrogen) atoms. The first-order valence-corrected chi connectivity index (χ1v) is 17.9. The molecule has 16 heteroatoms. The SMILES string of the molecule is CC(C)(C)C(=O)SCCCCOP(=O)(OCCCCSC(=O)C(C)(C)C)OCC1(O)CO[C@@H](n2ccc(=O)[nH]c2=O)[C@]1(C)O. The molecule has 1 aliphatic rings. The number of aromatic amines is 1. The third kappa shape index (κ3) is 11.2. The third-order valence-electron chi connectivity index (χ3n) is 6.74. The lowest BCUT2D eigenvalue weighted by Gasteiger charge is -2.36. The van der Waals surface area contributed by atoms with Crippen molar-refractivity contribution in [2.24, 2.45) is 10.8 Å². The molecule has 1 aliphatic heterocycles. The Morgan fingerprint density at radius 2 is 1.48 bits per heavy atom. The molecule has 0 spiro atoms. The summed E-state index contributed by atoms with van der Waals surface area (Å²) in [6.07, 6.45) is 1.86. The first-order chi connectivity index (χ1) is 20.2. The lowest BCUT2D eigenvalue weighted by molar-refractivity contribution is -0.154. The van der Waals surface area contributed by atoms with E-state index in [0.29, 0.717) is 37.2 Å². The highest BCUT2D eigenvalue weighted by Crippen LogP contribution is 2.52. The predicted octanol–water partition coefficient (Wildman–Crippen LogP) is 3.88. The number of aromatic nitrogens is 2. The minimum absolute atomic E-state index is 0.0157. The van der Waals surface area contributed by atoms with Gasteiger partial charge in [-0.25, -0.2) is 9.36 Å². The molecule has 0 aliphatic carbocycles. The number of thioether (sulfide) groups is 2. The van der Waals surface area contributed by atoms with E-state index >= 15 is 0 Å². The van der Waals surface area contributed by atoms with Crippen molar-refractivity contribution in [1.29, 1.82) is 0 Å². The molecule has 252 valence electrons. The van der Waals surface area contributed by atoms with E-state index in [1.54, 1.807) is 0 Å². The van der Waals surface area contributed by atoms with Crippen molar-refractivity contribution in [3.8, 4) is 0 Å². The van der Waals surface area contributed by atoms with Crippen LogP contribution in [0.1, 0.15) is 80.4 Å². The van der Waals surface area contributed by atoms with Gasteiger partial charge in [0.25, 0.3) is 5.56 Å². The average molecular weight is 683 g/mol. The van der Waals surface area contributed by atoms with E-state index in [0.717, 1.165) is 16.8 Å². The Labute approximate surface area is 266 Å². The van der Waals surface area contributed by atoms with Crippen molar-refractivity contribution >= 4 is 41.6 Å². The molecule has 0 bridgehead atoms. The highest BCUT2D eigenvalue weighted by Gasteiger charge is 2.59. The Morgan fingerprint density at radius 1 is 0.977 bits per heavy atom. The summed E-state index contributed by atoms with van der Waals surface area (Å²) >= 11 is 2.44. The van der Waals surface area contributed by atoms with Crippen LogP contribution < -0.4 is 11.2 Å². The lowest BCUT2D eigenvalue weighted by atomic mass is 9.86. The summed E-state index contributed by atoms with van der Waals surface area (Å²) < 4.78 is 36.6. The number of hydrogen-bond acceptors (Lipinski definition) is 13. The normalized spacial score (nSPS) is 22.8. The van der Waals surface area contributed by atoms with E-state index in [4.69, 9.17) is 18.3 Å². The van der Waals surface area contributed by atoms with E-state index in [1.807, 2.05) is 41.5 Å². The quantitative estimate of drug-likeness (QED) is 0.169. The van der Waals surface area contributed by atoms with Crippen LogP contribution in [0, 0.1) is 10.8 Å². The topological polar surface area (TPSA) is 183 Å². The Balaban J connectivity index is 2.01. The van der Waals surface area contributed by atoms with Gasteiger partial charge in [0.15, 0.2) is 16.5 Å². The zero-order valence-corrected chi connectivity index (χ0v) is 29.1. The molecular weight excluding hydrogens is 635 g/mol. The number of nitrogens with one attached hydrogen (secondary N) is 1. The van der Waals surface area contributed by atoms with Crippen LogP contribution in [0.5, 0.6) is 0 Å². The van der Waals surface area contributed by atoms with Crippen LogP contribution in [0.15, 0.2) is 21.9 Å². The van der Waals surface area contributed by atoms with E-state index in [1.165, 1.54) is 30.4 Å². The van der Waals surface area contributed by atoms with E-state index in [-0.39, 0.29) is 23.4 Å². The van der Waals surface area contributed by atoms with Crippen molar-refractivity contribution in [2.45, 2.75) is 91.6 Å². The number of carbonyl (C=O) groups is 2. The number of ether oxygens (including phenoxy) is 1. The Morgan fingerprint density at radius 3 is 1.93 bits per heavy atom. The molecule has 1 aromatic heterocycles. The maximum atomic E-state index is 13.6. The standard InChI is InChI=1S/C28H47N2O11PS2/c1-25(2,3)22(32)43-16-10-8-14-39-42(37,40-15-9-11-17-44-23(33)26(4,5)6)41-19-28(36)18-38-21(27(28,7)35)30-13-12-20(31)29-24(30)34/h12-13,21,35-36H,8-11,14-19H2,1-7H3,(H,29,31,34)/t21-,27+,28?/m1/s1. The van der Waals surface area contributed by atoms with Crippen molar-refractivity contribution in [1.82, 2.24) is 9.55 Å². The maximum absolute atomic E-state index is 13.6. The number of unbranched alkanes of at least 4 members (excludes halogenated alkanes) is 2. The van der Waals surface area contributed by atoms with Gasteiger partial charge in [-0.1, -0.05) is 65.1 Å². The largest absolute Gasteiger partial charge is 0.474 e. The molecular formula is C28H47N2O11PS2. The molecule has 0 amide bonds. The molecule has 2 rings (SSSR count). The van der Waals surface area contributed by atoms with Gasteiger partial charge >= 0.3 is 13.5 Å². The maximum Gasteiger partial charge on any atom is 0.474 e. The van der Waals surface area contributed by atoms with Crippen LogP contribution in [0.4, 0.5) is 0 Å². The van der Waals surface area contributed by atoms with Crippen LogP contribution >= 0.6 is 31.3 Å². The van der Waals surface area contributed by atoms with Gasteiger partial charge in [0.1, 0.15) is 11.2 Å². The number of H-pyrrole nitrogens is 1. The minimum atomic E-state index is -4.26. The second kappa shape index (κ2) is 16.0. The van der Waals surface area contributed by atoms with E-state index < -0.39 is 60.5 Å². The van der Waals surface area contributed by atoms with E-state index in [2.05, 4.69) is 4.98 Å². The first-order valence-electron chi connectivity index (χ1n) is 14.5. The number of aliphatic hydroxyl groups is 2. The number of phosphoric acid groups is 1. The summed E-state index contributed by atoms with van der Waals surface area (Å²) in [6, 6.07) is 1.07. The van der Waals surface area contributed by atoms with Crippen LogP contribution in [0.3, 0.4) is 0 Å². The van der Waals surface area contributed by atoms with Gasteiger partial charge in [-0.3, -0.25) is 37.5 Å². The van der Waals surface area contributed by atoms with Crippen LogP contribution in [-0.2, 0) is 32.5 Å². The fraction of sp³-hybridized carbons (Fsp3) is 0.786. The summed E-state index contributed by atoms with van der Waals surface area (Å²) in [5.41, 5.74) is -6.65. The molecule has 13 nitrogen and oxygen atoms in total. The highest BCUT2D eigenvalue weighted by molar-refractivity contribution is 8.14. The number of nitrogens with zero attached hydrogens (tertiary/aromatic N) is 1. The zero-order valence-electron chi connectivity index (χ0n) is 26.6. The van der Waals surface area contributed by atoms with Crippen LogP contribution in [-0.4, -0.2) is 79.1 Å². The number of rotatable bonds is 16. The van der Waals surface area contributed by atoms with Gasteiger partial charge in [-0.05, 0) is 32.6 Å². The first kappa shape index (κ1) is 38.9. The molecule has 1 saturated heterocycles. The second-order valence-corrected chi connectivity index (χ2v) is 16.7. The molecule has 0 aromatic carbocycles. The summed E-state index contributed by atoms with van der Waals surface area (Å²) in [5.74, 6) is 1.11. The number of phosphoric ester groups is 1. The summed E-state index contributed by atoms with van der Waals surface area (Å²) in [4.78, 5) is 50.0. The average Bonchev–Trinajstić information content (AvgIpc) is 3.14. The fourth-order valence-corrected chi connectivity index (χ4v) is 6.96.